The van der Waals surface area contributed by atoms with E-state index in [0.717, 1.165) is 22.4 Å². The van der Waals surface area contributed by atoms with Gasteiger partial charge in [-0.05, 0) is 48.9 Å². The second kappa shape index (κ2) is 9.43. The van der Waals surface area contributed by atoms with Crippen molar-refractivity contribution >= 4 is 17.3 Å². The molecule has 0 aliphatic carbocycles. The fraction of sp³-hybridized carbons (Fsp3) is 0.115. The Hall–Kier alpha value is -3.77. The first-order valence-electron chi connectivity index (χ1n) is 9.28. The molecule has 0 spiro atoms. The van der Waals surface area contributed by atoms with Crippen molar-refractivity contribution in [3.8, 4) is 17.6 Å². The van der Waals surface area contributed by atoms with Gasteiger partial charge in [-0.15, -0.1) is 0 Å². The highest BCUT2D eigenvalue weighted by Gasteiger charge is 2.14. The molecule has 3 nitrogen and oxygen atoms in total. The van der Waals surface area contributed by atoms with Crippen LogP contribution in [-0.4, -0.2) is 13.1 Å². The van der Waals surface area contributed by atoms with Crippen LogP contribution in [0, 0.1) is 18.8 Å². The van der Waals surface area contributed by atoms with Crippen LogP contribution in [0.2, 0.25) is 0 Å². The van der Waals surface area contributed by atoms with E-state index in [1.165, 1.54) is 12.5 Å². The van der Waals surface area contributed by atoms with Gasteiger partial charge in [0.15, 0.2) is 5.76 Å². The maximum absolute atomic E-state index is 11.9. The molecule has 0 radical (unpaired) electrons. The maximum Gasteiger partial charge on any atom is 0.308 e. The minimum absolute atomic E-state index is 0.401. The Kier molecular flexibility index (Phi) is 6.50. The van der Waals surface area contributed by atoms with Crippen molar-refractivity contribution in [2.75, 3.05) is 7.11 Å². The second-order valence-corrected chi connectivity index (χ2v) is 6.51. The first kappa shape index (κ1) is 20.0. The largest absolute Gasteiger partial charge is 0.497 e. The van der Waals surface area contributed by atoms with Gasteiger partial charge in [0.25, 0.3) is 0 Å². The van der Waals surface area contributed by atoms with Gasteiger partial charge in [0.2, 0.25) is 0 Å². The topological polar surface area (TPSA) is 35.5 Å². The molecule has 0 heterocycles. The van der Waals surface area contributed by atoms with Crippen molar-refractivity contribution in [1.29, 1.82) is 0 Å². The summed E-state index contributed by atoms with van der Waals surface area (Å²) in [6.45, 7) is 3.43. The van der Waals surface area contributed by atoms with Gasteiger partial charge in [-0.3, -0.25) is 4.79 Å². The summed E-state index contributed by atoms with van der Waals surface area (Å²) in [7, 11) is 1.61. The molecule has 3 heteroatoms. The van der Waals surface area contributed by atoms with Crippen LogP contribution in [0.5, 0.6) is 5.75 Å². The lowest BCUT2D eigenvalue weighted by Gasteiger charge is -2.12. The molecule has 0 bridgehead atoms. The highest BCUT2D eigenvalue weighted by molar-refractivity contribution is 5.98. The third kappa shape index (κ3) is 5.37. The van der Waals surface area contributed by atoms with Gasteiger partial charge in [0.05, 0.1) is 12.7 Å². The summed E-state index contributed by atoms with van der Waals surface area (Å²) in [5, 5.41) is 0. The van der Waals surface area contributed by atoms with E-state index in [-0.39, 0.29) is 0 Å². The van der Waals surface area contributed by atoms with Crippen LogP contribution in [0.25, 0.3) is 11.3 Å². The highest BCUT2D eigenvalue weighted by atomic mass is 16.5. The van der Waals surface area contributed by atoms with Gasteiger partial charge in [-0.25, -0.2) is 0 Å². The third-order valence-corrected chi connectivity index (χ3v) is 4.27. The Morgan fingerprint density at radius 3 is 2.07 bits per heavy atom. The molecule has 0 atom stereocenters. The minimum atomic E-state index is -0.401. The van der Waals surface area contributed by atoms with E-state index in [9.17, 15) is 4.79 Å². The van der Waals surface area contributed by atoms with E-state index < -0.39 is 5.97 Å². The van der Waals surface area contributed by atoms with E-state index in [1.54, 1.807) is 7.11 Å². The predicted molar refractivity (Wildman–Crippen MR) is 116 cm³/mol. The molecule has 144 valence electrons. The summed E-state index contributed by atoms with van der Waals surface area (Å²) in [5.41, 5.74) is 4.33. The van der Waals surface area contributed by atoms with Gasteiger partial charge in [-0.1, -0.05) is 59.9 Å². The Morgan fingerprint density at radius 1 is 0.828 bits per heavy atom. The monoisotopic (exact) mass is 382 g/mol. The fourth-order valence-corrected chi connectivity index (χ4v) is 2.78. The standard InChI is InChI=1S/C26H22O3/c1-19-9-11-21(12-10-19)13-18-25(22-7-5-4-6-8-22)26(29-20(2)27)23-14-16-24(28-3)17-15-23/h4-12,14-17H,1-3H3/b26-25+. The average molecular weight is 382 g/mol. The van der Waals surface area contributed by atoms with Gasteiger partial charge in [0.1, 0.15) is 5.75 Å². The quantitative estimate of drug-likeness (QED) is 0.259. The first-order chi connectivity index (χ1) is 14.1. The summed E-state index contributed by atoms with van der Waals surface area (Å²) < 4.78 is 10.9. The van der Waals surface area contributed by atoms with Crippen molar-refractivity contribution in [3.05, 3.63) is 101 Å². The Morgan fingerprint density at radius 2 is 1.48 bits per heavy atom. The van der Waals surface area contributed by atoms with Gasteiger partial charge >= 0.3 is 5.97 Å². The van der Waals surface area contributed by atoms with Crippen molar-refractivity contribution in [2.45, 2.75) is 13.8 Å². The molecule has 0 aromatic heterocycles. The lowest BCUT2D eigenvalue weighted by molar-refractivity contribution is -0.134. The summed E-state index contributed by atoms with van der Waals surface area (Å²) in [6.07, 6.45) is 0. The number of aryl methyl sites for hydroxylation is 1. The Labute approximate surface area is 171 Å². The Balaban J connectivity index is 2.19. The van der Waals surface area contributed by atoms with Crippen LogP contribution in [0.3, 0.4) is 0 Å². The van der Waals surface area contributed by atoms with Crippen LogP contribution < -0.4 is 4.74 Å². The molecule has 29 heavy (non-hydrogen) atoms. The van der Waals surface area contributed by atoms with Crippen LogP contribution in [-0.2, 0) is 9.53 Å². The van der Waals surface area contributed by atoms with Crippen molar-refractivity contribution in [3.63, 3.8) is 0 Å². The number of carbonyl (C=O) groups is 1. The molecular weight excluding hydrogens is 360 g/mol. The normalized spacial score (nSPS) is 11.0. The lowest BCUT2D eigenvalue weighted by atomic mass is 10.0. The van der Waals surface area contributed by atoms with Crippen molar-refractivity contribution in [1.82, 2.24) is 0 Å². The molecule has 0 aliphatic heterocycles. The molecule has 0 amide bonds. The third-order valence-electron chi connectivity index (χ3n) is 4.27. The zero-order valence-electron chi connectivity index (χ0n) is 16.7. The number of hydrogen-bond donors (Lipinski definition) is 0. The summed E-state index contributed by atoms with van der Waals surface area (Å²) in [4.78, 5) is 11.9. The zero-order chi connectivity index (χ0) is 20.6. The van der Waals surface area contributed by atoms with Crippen LogP contribution >= 0.6 is 0 Å². The molecule has 0 saturated heterocycles. The smallest absolute Gasteiger partial charge is 0.308 e. The molecule has 0 aliphatic rings. The summed E-state index contributed by atoms with van der Waals surface area (Å²) in [5.74, 6) is 7.16. The zero-order valence-corrected chi connectivity index (χ0v) is 16.7. The SMILES string of the molecule is COc1ccc(/C(OC(C)=O)=C(/C#Cc2ccc(C)cc2)c2ccccc2)cc1. The number of hydrogen-bond acceptors (Lipinski definition) is 3. The second-order valence-electron chi connectivity index (χ2n) is 6.51. The Bertz CT molecular complexity index is 1060. The van der Waals surface area contributed by atoms with E-state index in [4.69, 9.17) is 9.47 Å². The molecule has 3 aromatic rings. The molecule has 3 aromatic carbocycles. The number of allylic oxidation sites excluding steroid dienone is 1. The molecule has 0 N–H and O–H groups in total. The number of methoxy groups -OCH3 is 1. The summed E-state index contributed by atoms with van der Waals surface area (Å²) >= 11 is 0. The van der Waals surface area contributed by atoms with Gasteiger partial charge in [0, 0.05) is 18.1 Å². The lowest BCUT2D eigenvalue weighted by Crippen LogP contribution is -2.02. The van der Waals surface area contributed by atoms with Gasteiger partial charge in [-0.2, -0.15) is 0 Å². The molecular formula is C26H22O3. The van der Waals surface area contributed by atoms with Crippen LogP contribution in [0.15, 0.2) is 78.9 Å². The maximum atomic E-state index is 11.9. The minimum Gasteiger partial charge on any atom is -0.497 e. The van der Waals surface area contributed by atoms with Crippen molar-refractivity contribution < 1.29 is 14.3 Å². The van der Waals surface area contributed by atoms with Crippen molar-refractivity contribution in [2.24, 2.45) is 0 Å². The van der Waals surface area contributed by atoms with E-state index in [2.05, 4.69) is 11.8 Å². The molecule has 0 unspecified atom stereocenters. The number of esters is 1. The molecule has 0 fully saturated rings. The number of ether oxygens (including phenoxy) is 2. The average Bonchev–Trinajstić information content (AvgIpc) is 2.75. The van der Waals surface area contributed by atoms with E-state index in [0.29, 0.717) is 11.3 Å². The number of rotatable bonds is 4. The van der Waals surface area contributed by atoms with Crippen LogP contribution in [0.1, 0.15) is 29.2 Å². The first-order valence-corrected chi connectivity index (χ1v) is 9.28. The number of benzene rings is 3. The summed E-state index contributed by atoms with van der Waals surface area (Å²) in [6, 6.07) is 25.1. The highest BCUT2D eigenvalue weighted by Crippen LogP contribution is 2.29. The van der Waals surface area contributed by atoms with E-state index >= 15 is 0 Å². The predicted octanol–water partition coefficient (Wildman–Crippen LogP) is 5.49. The van der Waals surface area contributed by atoms with Crippen LogP contribution in [0.4, 0.5) is 0 Å². The van der Waals surface area contributed by atoms with Gasteiger partial charge < -0.3 is 9.47 Å². The molecule has 3 rings (SSSR count). The fourth-order valence-electron chi connectivity index (χ4n) is 2.78. The number of carbonyl (C=O) groups excluding carboxylic acids is 1. The van der Waals surface area contributed by atoms with E-state index in [1.807, 2.05) is 85.8 Å². The molecule has 0 saturated carbocycles.